The molecular weight excluding hydrogens is 184 g/mol. The van der Waals surface area contributed by atoms with E-state index in [1.807, 2.05) is 12.2 Å². The standard InChI is InChI=1S/C11H11ClO/c12-13-11(9-5-1-2-6-9)10-7-3-4-8-10/h1-5,7,11H,6,8H2. The van der Waals surface area contributed by atoms with Crippen LogP contribution in [-0.4, -0.2) is 6.10 Å². The second-order valence-corrected chi connectivity index (χ2v) is 3.40. The normalized spacial score (nSPS) is 19.8. The Morgan fingerprint density at radius 2 is 1.62 bits per heavy atom. The third-order valence-corrected chi connectivity index (χ3v) is 2.54. The van der Waals surface area contributed by atoms with Gasteiger partial charge in [-0.05, 0) is 24.0 Å². The van der Waals surface area contributed by atoms with E-state index in [0.717, 1.165) is 12.8 Å². The maximum atomic E-state index is 5.49. The lowest BCUT2D eigenvalue weighted by molar-refractivity contribution is 0.297. The van der Waals surface area contributed by atoms with Crippen molar-refractivity contribution in [1.29, 1.82) is 0 Å². The fourth-order valence-electron chi connectivity index (χ4n) is 1.67. The van der Waals surface area contributed by atoms with Crippen molar-refractivity contribution in [2.24, 2.45) is 0 Å². The Hall–Kier alpha value is -0.790. The zero-order valence-electron chi connectivity index (χ0n) is 7.24. The van der Waals surface area contributed by atoms with Crippen LogP contribution in [0.5, 0.6) is 0 Å². The molecular formula is C11H11ClO. The minimum atomic E-state index is -0.0355. The van der Waals surface area contributed by atoms with Crippen molar-refractivity contribution in [2.75, 3.05) is 0 Å². The van der Waals surface area contributed by atoms with Gasteiger partial charge in [-0.25, -0.2) is 0 Å². The molecule has 0 aromatic carbocycles. The number of hydrogen-bond acceptors (Lipinski definition) is 1. The summed E-state index contributed by atoms with van der Waals surface area (Å²) in [5.74, 6) is 0. The van der Waals surface area contributed by atoms with Crippen LogP contribution in [0.3, 0.4) is 0 Å². The van der Waals surface area contributed by atoms with Gasteiger partial charge in [-0.3, -0.25) is 4.29 Å². The van der Waals surface area contributed by atoms with Crippen molar-refractivity contribution in [3.63, 3.8) is 0 Å². The van der Waals surface area contributed by atoms with Gasteiger partial charge in [0.15, 0.2) is 0 Å². The quantitative estimate of drug-likeness (QED) is 0.670. The highest BCUT2D eigenvalue weighted by molar-refractivity contribution is 6.07. The molecule has 0 aliphatic heterocycles. The summed E-state index contributed by atoms with van der Waals surface area (Å²) in [5.41, 5.74) is 2.48. The molecule has 0 spiro atoms. The Kier molecular flexibility index (Phi) is 2.67. The van der Waals surface area contributed by atoms with E-state index < -0.39 is 0 Å². The highest BCUT2D eigenvalue weighted by atomic mass is 35.5. The lowest BCUT2D eigenvalue weighted by Gasteiger charge is -2.15. The van der Waals surface area contributed by atoms with Gasteiger partial charge in [-0.2, -0.15) is 0 Å². The molecule has 2 aliphatic carbocycles. The molecule has 0 fully saturated rings. The highest BCUT2D eigenvalue weighted by Gasteiger charge is 2.20. The van der Waals surface area contributed by atoms with Crippen LogP contribution in [0, 0.1) is 0 Å². The van der Waals surface area contributed by atoms with Gasteiger partial charge in [0, 0.05) is 0 Å². The monoisotopic (exact) mass is 194 g/mol. The van der Waals surface area contributed by atoms with Crippen LogP contribution in [-0.2, 0) is 4.29 Å². The second-order valence-electron chi connectivity index (χ2n) is 3.22. The second kappa shape index (κ2) is 3.95. The van der Waals surface area contributed by atoms with Gasteiger partial charge < -0.3 is 0 Å². The molecule has 0 radical (unpaired) electrons. The van der Waals surface area contributed by atoms with E-state index in [1.54, 1.807) is 0 Å². The fourth-order valence-corrected chi connectivity index (χ4v) is 1.90. The first kappa shape index (κ1) is 8.79. The summed E-state index contributed by atoms with van der Waals surface area (Å²) in [7, 11) is 0. The minimum Gasteiger partial charge on any atom is -0.267 e. The predicted molar refractivity (Wildman–Crippen MR) is 54.4 cm³/mol. The maximum Gasteiger partial charge on any atom is 0.122 e. The van der Waals surface area contributed by atoms with E-state index in [2.05, 4.69) is 24.3 Å². The van der Waals surface area contributed by atoms with E-state index in [0.29, 0.717) is 0 Å². The third-order valence-electron chi connectivity index (χ3n) is 2.36. The molecule has 0 amide bonds. The zero-order chi connectivity index (χ0) is 9.10. The summed E-state index contributed by atoms with van der Waals surface area (Å²) in [6.45, 7) is 0. The molecule has 0 N–H and O–H groups in total. The summed E-state index contributed by atoms with van der Waals surface area (Å²) in [4.78, 5) is 0. The van der Waals surface area contributed by atoms with Crippen molar-refractivity contribution >= 4 is 11.9 Å². The van der Waals surface area contributed by atoms with E-state index in [1.165, 1.54) is 11.1 Å². The first-order valence-electron chi connectivity index (χ1n) is 4.40. The van der Waals surface area contributed by atoms with Gasteiger partial charge >= 0.3 is 0 Å². The molecule has 0 saturated carbocycles. The summed E-state index contributed by atoms with van der Waals surface area (Å²) in [5, 5.41) is 0. The molecule has 0 atom stereocenters. The van der Waals surface area contributed by atoms with Crippen LogP contribution in [0.2, 0.25) is 0 Å². The SMILES string of the molecule is ClOC(C1=CC=CC1)C1=CC=CC1. The lowest BCUT2D eigenvalue weighted by atomic mass is 10.0. The zero-order valence-corrected chi connectivity index (χ0v) is 8.00. The molecule has 0 aromatic rings. The average Bonchev–Trinajstić information content (AvgIpc) is 2.76. The third kappa shape index (κ3) is 1.77. The fraction of sp³-hybridized carbons (Fsp3) is 0.273. The molecule has 13 heavy (non-hydrogen) atoms. The number of hydrogen-bond donors (Lipinski definition) is 0. The summed E-state index contributed by atoms with van der Waals surface area (Å²) >= 11 is 5.49. The van der Waals surface area contributed by atoms with Crippen molar-refractivity contribution in [3.8, 4) is 0 Å². The maximum absolute atomic E-state index is 5.49. The Morgan fingerprint density at radius 3 is 1.92 bits per heavy atom. The van der Waals surface area contributed by atoms with Gasteiger partial charge in [-0.1, -0.05) is 36.5 Å². The minimum absolute atomic E-state index is 0.0355. The van der Waals surface area contributed by atoms with Crippen molar-refractivity contribution in [1.82, 2.24) is 0 Å². The average molecular weight is 195 g/mol. The van der Waals surface area contributed by atoms with Gasteiger partial charge in [-0.15, -0.1) is 0 Å². The molecule has 2 aliphatic rings. The van der Waals surface area contributed by atoms with E-state index in [4.69, 9.17) is 16.2 Å². The van der Waals surface area contributed by atoms with Gasteiger partial charge in [0.25, 0.3) is 0 Å². The Balaban J connectivity index is 2.09. The molecule has 0 saturated heterocycles. The molecule has 2 heteroatoms. The Bertz CT molecular complexity index is 280. The van der Waals surface area contributed by atoms with Crippen LogP contribution >= 0.6 is 11.9 Å². The van der Waals surface area contributed by atoms with Crippen LogP contribution in [0.15, 0.2) is 47.6 Å². The molecule has 2 rings (SSSR count). The first-order valence-corrected chi connectivity index (χ1v) is 4.71. The van der Waals surface area contributed by atoms with Crippen molar-refractivity contribution in [3.05, 3.63) is 47.6 Å². The van der Waals surface area contributed by atoms with Crippen LogP contribution < -0.4 is 0 Å². The van der Waals surface area contributed by atoms with E-state index in [9.17, 15) is 0 Å². The van der Waals surface area contributed by atoms with Crippen LogP contribution in [0.1, 0.15) is 12.8 Å². The largest absolute Gasteiger partial charge is 0.267 e. The number of rotatable bonds is 3. The molecule has 0 bridgehead atoms. The van der Waals surface area contributed by atoms with Gasteiger partial charge in [0.05, 0.1) is 11.9 Å². The summed E-state index contributed by atoms with van der Waals surface area (Å²) in [6.07, 6.45) is 14.3. The van der Waals surface area contributed by atoms with Crippen LogP contribution in [0.25, 0.3) is 0 Å². The highest BCUT2D eigenvalue weighted by Crippen LogP contribution is 2.28. The van der Waals surface area contributed by atoms with Crippen LogP contribution in [0.4, 0.5) is 0 Å². The number of halogens is 1. The molecule has 68 valence electrons. The van der Waals surface area contributed by atoms with Crippen molar-refractivity contribution < 1.29 is 4.29 Å². The summed E-state index contributed by atoms with van der Waals surface area (Å²) < 4.78 is 4.97. The van der Waals surface area contributed by atoms with Gasteiger partial charge in [0.1, 0.15) is 6.10 Å². The Morgan fingerprint density at radius 1 is 1.08 bits per heavy atom. The lowest BCUT2D eigenvalue weighted by Crippen LogP contribution is -2.12. The molecule has 0 unspecified atom stereocenters. The van der Waals surface area contributed by atoms with Gasteiger partial charge in [0.2, 0.25) is 0 Å². The Labute approximate surface area is 83.2 Å². The smallest absolute Gasteiger partial charge is 0.122 e. The molecule has 0 aromatic heterocycles. The van der Waals surface area contributed by atoms with E-state index >= 15 is 0 Å². The topological polar surface area (TPSA) is 9.23 Å². The van der Waals surface area contributed by atoms with E-state index in [-0.39, 0.29) is 6.10 Å². The predicted octanol–water partition coefficient (Wildman–Crippen LogP) is 3.30. The summed E-state index contributed by atoms with van der Waals surface area (Å²) in [6, 6.07) is 0. The van der Waals surface area contributed by atoms with Crippen molar-refractivity contribution in [2.45, 2.75) is 18.9 Å². The molecule has 0 heterocycles. The number of allylic oxidation sites excluding steroid dienone is 6. The first-order chi connectivity index (χ1) is 6.42. The molecule has 1 nitrogen and oxygen atoms in total.